The van der Waals surface area contributed by atoms with Gasteiger partial charge in [-0.2, -0.15) is 27.6 Å². The number of hydrogen-bond acceptors (Lipinski definition) is 5. The molecule has 1 atom stereocenters. The molecular weight excluding hydrogens is 519 g/mol. The van der Waals surface area contributed by atoms with Crippen LogP contribution in [0.4, 0.5) is 23.5 Å². The van der Waals surface area contributed by atoms with E-state index in [1.807, 2.05) is 30.3 Å². The molecular formula is C19H13F4IN4O2. The average Bonchev–Trinajstić information content (AvgIpc) is 3.17. The number of nitrogens with zero attached hydrogens (tertiary/aromatic N) is 3. The maximum atomic E-state index is 12.8. The Morgan fingerprint density at radius 2 is 1.67 bits per heavy atom. The summed E-state index contributed by atoms with van der Waals surface area (Å²) in [5.41, 5.74) is 2.10. The van der Waals surface area contributed by atoms with E-state index in [1.165, 1.54) is 18.5 Å². The molecule has 4 rings (SSSR count). The number of halogens is 5. The smallest absolute Gasteiger partial charge is 0.387 e. The van der Waals surface area contributed by atoms with Gasteiger partial charge in [-0.3, -0.25) is 0 Å². The number of hydrogen-bond donors (Lipinski definition) is 1. The molecule has 1 N–H and O–H groups in total. The van der Waals surface area contributed by atoms with Crippen LogP contribution in [0.3, 0.4) is 0 Å². The Labute approximate surface area is 181 Å². The third kappa shape index (κ3) is 4.35. The lowest BCUT2D eigenvalue weighted by molar-refractivity contribution is -0.0692. The Balaban J connectivity index is 1.76. The van der Waals surface area contributed by atoms with Gasteiger partial charge in [0.2, 0.25) is 5.95 Å². The Kier molecular flexibility index (Phi) is 5.79. The first-order valence-corrected chi connectivity index (χ1v) is 9.66. The normalized spacial score (nSPS) is 15.6. The largest absolute Gasteiger partial charge is 0.431 e. The van der Waals surface area contributed by atoms with Gasteiger partial charge in [-0.15, -0.1) is 0 Å². The van der Waals surface area contributed by atoms with Gasteiger partial charge in [0.1, 0.15) is 12.4 Å². The number of benzene rings is 2. The lowest BCUT2D eigenvalue weighted by Gasteiger charge is -2.25. The first-order valence-electron chi connectivity index (χ1n) is 8.58. The number of nitrogens with one attached hydrogen (secondary N) is 1. The molecule has 0 fully saturated rings. The summed E-state index contributed by atoms with van der Waals surface area (Å²) in [6, 6.07) is 11.1. The van der Waals surface area contributed by atoms with E-state index in [-0.39, 0.29) is 0 Å². The minimum Gasteiger partial charge on any atom is -0.431 e. The fourth-order valence-electron chi connectivity index (χ4n) is 3.06. The summed E-state index contributed by atoms with van der Waals surface area (Å²) in [5.74, 6) is -0.531. The van der Waals surface area contributed by atoms with Gasteiger partial charge in [-0.25, -0.2) is 4.68 Å². The zero-order valence-electron chi connectivity index (χ0n) is 15.0. The number of aromatic nitrogens is 3. The molecule has 2 heterocycles. The summed E-state index contributed by atoms with van der Waals surface area (Å²) in [4.78, 5) is 4.18. The molecule has 0 unspecified atom stereocenters. The van der Waals surface area contributed by atoms with Crippen molar-refractivity contribution in [1.82, 2.24) is 14.8 Å². The van der Waals surface area contributed by atoms with Crippen molar-refractivity contribution in [3.63, 3.8) is 0 Å². The maximum absolute atomic E-state index is 12.8. The second-order valence-electron chi connectivity index (χ2n) is 6.15. The Hall–Kier alpha value is -2.83. The van der Waals surface area contributed by atoms with Gasteiger partial charge in [-0.05, 0) is 64.1 Å². The van der Waals surface area contributed by atoms with Crippen LogP contribution in [0.2, 0.25) is 0 Å². The quantitative estimate of drug-likeness (QED) is 0.352. The van der Waals surface area contributed by atoms with Crippen LogP contribution >= 0.6 is 22.6 Å². The number of fused-ring (bicyclic) bond motifs is 1. The molecule has 30 heavy (non-hydrogen) atoms. The van der Waals surface area contributed by atoms with Crippen molar-refractivity contribution in [2.24, 2.45) is 0 Å². The van der Waals surface area contributed by atoms with Crippen molar-refractivity contribution in [2.75, 3.05) is 5.32 Å². The van der Waals surface area contributed by atoms with Crippen LogP contribution in [0.1, 0.15) is 17.2 Å². The number of rotatable bonds is 6. The topological polar surface area (TPSA) is 61.2 Å². The van der Waals surface area contributed by atoms with E-state index in [0.717, 1.165) is 20.9 Å². The van der Waals surface area contributed by atoms with E-state index in [0.29, 0.717) is 11.5 Å². The Morgan fingerprint density at radius 3 is 2.37 bits per heavy atom. The molecule has 11 heteroatoms. The van der Waals surface area contributed by atoms with Crippen LogP contribution < -0.4 is 14.8 Å². The number of alkyl halides is 4. The molecule has 0 saturated carbocycles. The predicted octanol–water partition coefficient (Wildman–Crippen LogP) is 5.14. The van der Waals surface area contributed by atoms with Crippen molar-refractivity contribution < 1.29 is 27.0 Å². The fraction of sp³-hybridized carbons (Fsp3) is 0.158. The predicted molar refractivity (Wildman–Crippen MR) is 109 cm³/mol. The molecule has 0 bridgehead atoms. The standard InChI is InChI=1S/C19H13F4IN4O2/c20-17(21)29-15-6-3-11(7-16(15)30-18(22)23)14-8-13(10-1-4-12(24)5-2-10)27-19-25-9-26-28(14)19/h1-9,14,17-18H,(H,25,26,27)/t14-/m1/s1. The number of ether oxygens (including phenoxy) is 2. The van der Waals surface area contributed by atoms with E-state index in [2.05, 4.69) is 47.5 Å². The lowest BCUT2D eigenvalue weighted by atomic mass is 10.0. The summed E-state index contributed by atoms with van der Waals surface area (Å²) in [7, 11) is 0. The van der Waals surface area contributed by atoms with Crippen LogP contribution in [0, 0.1) is 3.57 Å². The van der Waals surface area contributed by atoms with Gasteiger partial charge in [0.25, 0.3) is 0 Å². The van der Waals surface area contributed by atoms with Crippen molar-refractivity contribution in [3.05, 3.63) is 69.6 Å². The molecule has 1 aliphatic heterocycles. The van der Waals surface area contributed by atoms with Crippen molar-refractivity contribution in [2.45, 2.75) is 19.3 Å². The summed E-state index contributed by atoms with van der Waals surface area (Å²) < 4.78 is 62.1. The molecule has 3 aromatic rings. The SMILES string of the molecule is FC(F)Oc1ccc([C@H]2C=C(c3ccc(I)cc3)Nc3ncnn32)cc1OC(F)F. The van der Waals surface area contributed by atoms with E-state index >= 15 is 0 Å². The van der Waals surface area contributed by atoms with Crippen molar-refractivity contribution >= 4 is 34.2 Å². The van der Waals surface area contributed by atoms with Gasteiger partial charge in [0.05, 0.1) is 0 Å². The molecule has 1 aromatic heterocycles. The summed E-state index contributed by atoms with van der Waals surface area (Å²) in [6.45, 7) is -6.38. The lowest BCUT2D eigenvalue weighted by Crippen LogP contribution is -2.20. The highest BCUT2D eigenvalue weighted by atomic mass is 127. The Bertz CT molecular complexity index is 1070. The minimum absolute atomic E-state index is 0.445. The van der Waals surface area contributed by atoms with E-state index in [9.17, 15) is 17.6 Å². The first-order chi connectivity index (χ1) is 14.4. The molecule has 156 valence electrons. The summed E-state index contributed by atoms with van der Waals surface area (Å²) in [5, 5.41) is 7.34. The summed E-state index contributed by atoms with van der Waals surface area (Å²) >= 11 is 2.20. The van der Waals surface area contributed by atoms with Crippen molar-refractivity contribution in [1.29, 1.82) is 0 Å². The van der Waals surface area contributed by atoms with E-state index in [4.69, 9.17) is 0 Å². The summed E-state index contributed by atoms with van der Waals surface area (Å²) in [6.07, 6.45) is 3.18. The van der Waals surface area contributed by atoms with Gasteiger partial charge in [0.15, 0.2) is 11.5 Å². The molecule has 0 saturated heterocycles. The van der Waals surface area contributed by atoms with E-state index < -0.39 is 30.8 Å². The van der Waals surface area contributed by atoms with Crippen LogP contribution in [-0.2, 0) is 0 Å². The van der Waals surface area contributed by atoms with Gasteiger partial charge in [-0.1, -0.05) is 18.2 Å². The van der Waals surface area contributed by atoms with E-state index in [1.54, 1.807) is 4.68 Å². The highest BCUT2D eigenvalue weighted by Gasteiger charge is 2.25. The van der Waals surface area contributed by atoms with Crippen molar-refractivity contribution in [3.8, 4) is 11.5 Å². The zero-order chi connectivity index (χ0) is 21.3. The molecule has 6 nitrogen and oxygen atoms in total. The molecule has 2 aromatic carbocycles. The molecule has 0 aliphatic carbocycles. The monoisotopic (exact) mass is 532 g/mol. The average molecular weight is 532 g/mol. The van der Waals surface area contributed by atoms with Gasteiger partial charge in [0, 0.05) is 9.27 Å². The third-order valence-electron chi connectivity index (χ3n) is 4.30. The molecule has 0 radical (unpaired) electrons. The van der Waals surface area contributed by atoms with Crippen LogP contribution in [0.5, 0.6) is 11.5 Å². The van der Waals surface area contributed by atoms with Crippen LogP contribution in [0.15, 0.2) is 54.9 Å². The maximum Gasteiger partial charge on any atom is 0.387 e. The fourth-order valence-corrected chi connectivity index (χ4v) is 3.42. The van der Waals surface area contributed by atoms with Crippen LogP contribution in [-0.4, -0.2) is 28.0 Å². The Morgan fingerprint density at radius 1 is 0.967 bits per heavy atom. The van der Waals surface area contributed by atoms with Crippen LogP contribution in [0.25, 0.3) is 5.70 Å². The highest BCUT2D eigenvalue weighted by Crippen LogP contribution is 2.37. The first kappa shape index (κ1) is 20.4. The highest BCUT2D eigenvalue weighted by molar-refractivity contribution is 14.1. The molecule has 1 aliphatic rings. The van der Waals surface area contributed by atoms with Gasteiger partial charge < -0.3 is 14.8 Å². The second kappa shape index (κ2) is 8.50. The molecule has 0 amide bonds. The number of allylic oxidation sites excluding steroid dienone is 1. The second-order valence-corrected chi connectivity index (χ2v) is 7.39. The molecule has 0 spiro atoms. The zero-order valence-corrected chi connectivity index (χ0v) is 17.1. The number of anilines is 1. The third-order valence-corrected chi connectivity index (χ3v) is 5.02. The van der Waals surface area contributed by atoms with Gasteiger partial charge >= 0.3 is 13.2 Å². The minimum atomic E-state index is -3.20.